The number of hydrogen-bond donors (Lipinski definition) is 2. The molecule has 1 aliphatic carbocycles. The fourth-order valence-corrected chi connectivity index (χ4v) is 1.13. The van der Waals surface area contributed by atoms with Crippen LogP contribution in [0.4, 0.5) is 0 Å². The van der Waals surface area contributed by atoms with E-state index in [4.69, 9.17) is 5.11 Å². The first-order chi connectivity index (χ1) is 5.45. The molecule has 2 heteroatoms. The van der Waals surface area contributed by atoms with Crippen LogP contribution in [0.3, 0.4) is 0 Å². The minimum absolute atomic E-state index is 1.00. The molecule has 0 radical (unpaired) electrons. The minimum atomic E-state index is 1.00. The topological polar surface area (TPSA) is 36.0 Å². The lowest BCUT2D eigenvalue weighted by molar-refractivity contribution is 0.399. The highest BCUT2D eigenvalue weighted by Gasteiger charge is 2.21. The molecule has 11 heavy (non-hydrogen) atoms. The molecule has 1 fully saturated rings. The van der Waals surface area contributed by atoms with E-state index >= 15 is 0 Å². The van der Waals surface area contributed by atoms with Crippen molar-refractivity contribution in [3.8, 4) is 0 Å². The van der Waals surface area contributed by atoms with Crippen molar-refractivity contribution < 1.29 is 5.11 Å². The molecule has 0 aliphatic heterocycles. The second-order valence-corrected chi connectivity index (χ2v) is 2.84. The Labute approximate surface area is 67.3 Å². The third-order valence-corrected chi connectivity index (χ3v) is 1.87. The summed E-state index contributed by atoms with van der Waals surface area (Å²) in [6, 6.07) is 4.23. The Morgan fingerprint density at radius 1 is 1.55 bits per heavy atom. The first-order valence-electron chi connectivity index (χ1n) is 4.02. The van der Waals surface area contributed by atoms with E-state index in [2.05, 4.69) is 17.1 Å². The van der Waals surface area contributed by atoms with Crippen LogP contribution in [-0.4, -0.2) is 17.2 Å². The van der Waals surface area contributed by atoms with E-state index in [1.54, 1.807) is 0 Å². The lowest BCUT2D eigenvalue weighted by atomic mass is 10.2. The van der Waals surface area contributed by atoms with Crippen LogP contribution in [0, 0.1) is 5.92 Å². The van der Waals surface area contributed by atoms with Gasteiger partial charge in [-0.1, -0.05) is 0 Å². The van der Waals surface area contributed by atoms with E-state index < -0.39 is 0 Å². The van der Waals surface area contributed by atoms with Crippen molar-refractivity contribution >= 4 is 0 Å². The maximum Gasteiger partial charge on any atom is 0.0319 e. The van der Waals surface area contributed by atoms with Gasteiger partial charge in [-0.2, -0.15) is 0 Å². The molecule has 2 N–H and O–H groups in total. The summed E-state index contributed by atoms with van der Waals surface area (Å²) < 4.78 is 0. The first-order valence-corrected chi connectivity index (χ1v) is 4.02. The molecule has 1 saturated carbocycles. The number of aliphatic hydroxyl groups excluding tert-OH is 1. The molecular weight excluding hydrogens is 138 g/mol. The maximum atomic E-state index is 7.00. The molecule has 0 bridgehead atoms. The number of H-pyrrole nitrogens is 1. The average Bonchev–Trinajstić information content (AvgIpc) is 2.69. The molecule has 0 aromatic carbocycles. The normalized spacial score (nSPS) is 15.5. The van der Waals surface area contributed by atoms with Crippen molar-refractivity contribution in [1.29, 1.82) is 0 Å². The van der Waals surface area contributed by atoms with E-state index in [-0.39, 0.29) is 0 Å². The highest BCUT2D eigenvalue weighted by Crippen LogP contribution is 2.31. The van der Waals surface area contributed by atoms with E-state index in [0.717, 1.165) is 13.0 Å². The minimum Gasteiger partial charge on any atom is -0.400 e. The Hall–Kier alpha value is -0.760. The largest absolute Gasteiger partial charge is 0.400 e. The summed E-state index contributed by atoms with van der Waals surface area (Å²) in [5.41, 5.74) is 1.40. The van der Waals surface area contributed by atoms with E-state index in [1.807, 2.05) is 6.20 Å². The molecule has 1 heterocycles. The van der Waals surface area contributed by atoms with Crippen LogP contribution in [0.1, 0.15) is 18.5 Å². The fraction of sp³-hybridized carbons (Fsp3) is 0.556. The zero-order chi connectivity index (χ0) is 8.10. The van der Waals surface area contributed by atoms with Gasteiger partial charge in [0.1, 0.15) is 0 Å². The molecule has 0 atom stereocenters. The fourth-order valence-electron chi connectivity index (χ4n) is 1.13. The van der Waals surface area contributed by atoms with E-state index in [1.165, 1.54) is 25.0 Å². The molecule has 62 valence electrons. The van der Waals surface area contributed by atoms with Gasteiger partial charge in [0, 0.05) is 19.0 Å². The SMILES string of the molecule is CO.c1c[nH]c(CC2CC2)c1. The third-order valence-electron chi connectivity index (χ3n) is 1.87. The zero-order valence-electron chi connectivity index (χ0n) is 6.88. The lowest BCUT2D eigenvalue weighted by Gasteiger charge is -1.90. The van der Waals surface area contributed by atoms with Crippen LogP contribution in [0.15, 0.2) is 18.3 Å². The van der Waals surface area contributed by atoms with Crippen molar-refractivity contribution in [3.63, 3.8) is 0 Å². The van der Waals surface area contributed by atoms with Crippen molar-refractivity contribution in [2.24, 2.45) is 5.92 Å². The van der Waals surface area contributed by atoms with E-state index in [0.29, 0.717) is 0 Å². The molecule has 0 saturated heterocycles. The van der Waals surface area contributed by atoms with Crippen molar-refractivity contribution in [2.75, 3.05) is 7.11 Å². The van der Waals surface area contributed by atoms with Gasteiger partial charge in [-0.15, -0.1) is 0 Å². The van der Waals surface area contributed by atoms with Crippen molar-refractivity contribution in [3.05, 3.63) is 24.0 Å². The van der Waals surface area contributed by atoms with Crippen molar-refractivity contribution in [1.82, 2.24) is 4.98 Å². The monoisotopic (exact) mass is 153 g/mol. The number of aliphatic hydroxyl groups is 1. The molecule has 0 amide bonds. The third kappa shape index (κ3) is 2.76. The van der Waals surface area contributed by atoms with Crippen LogP contribution in [0.25, 0.3) is 0 Å². The Morgan fingerprint density at radius 3 is 2.73 bits per heavy atom. The predicted octanol–water partition coefficient (Wildman–Crippen LogP) is 1.58. The standard InChI is InChI=1S/C8H11N.CH4O/c1-2-8(9-5-1)6-7-3-4-7;1-2/h1-2,5,7,9H,3-4,6H2;2H,1H3. The smallest absolute Gasteiger partial charge is 0.0319 e. The van der Waals surface area contributed by atoms with Gasteiger partial charge in [0.2, 0.25) is 0 Å². The van der Waals surface area contributed by atoms with Gasteiger partial charge in [0.15, 0.2) is 0 Å². The van der Waals surface area contributed by atoms with Gasteiger partial charge in [-0.3, -0.25) is 0 Å². The van der Waals surface area contributed by atoms with Crippen LogP contribution in [0.5, 0.6) is 0 Å². The molecule has 1 aromatic heterocycles. The Morgan fingerprint density at radius 2 is 2.27 bits per heavy atom. The van der Waals surface area contributed by atoms with Crippen molar-refractivity contribution in [2.45, 2.75) is 19.3 Å². The first kappa shape index (κ1) is 8.34. The van der Waals surface area contributed by atoms with Gasteiger partial charge in [0.05, 0.1) is 0 Å². The highest BCUT2D eigenvalue weighted by molar-refractivity contribution is 5.05. The molecule has 2 nitrogen and oxygen atoms in total. The second kappa shape index (κ2) is 4.19. The summed E-state index contributed by atoms with van der Waals surface area (Å²) in [5.74, 6) is 1.00. The summed E-state index contributed by atoms with van der Waals surface area (Å²) in [7, 11) is 1.00. The van der Waals surface area contributed by atoms with Crippen LogP contribution in [-0.2, 0) is 6.42 Å². The summed E-state index contributed by atoms with van der Waals surface area (Å²) in [6.45, 7) is 0. The van der Waals surface area contributed by atoms with Gasteiger partial charge in [0.25, 0.3) is 0 Å². The summed E-state index contributed by atoms with van der Waals surface area (Å²) in [4.78, 5) is 3.21. The quantitative estimate of drug-likeness (QED) is 0.664. The van der Waals surface area contributed by atoms with Gasteiger partial charge in [-0.25, -0.2) is 0 Å². The average molecular weight is 153 g/mol. The second-order valence-electron chi connectivity index (χ2n) is 2.84. The number of hydrogen-bond acceptors (Lipinski definition) is 1. The van der Waals surface area contributed by atoms with Crippen LogP contribution in [0.2, 0.25) is 0 Å². The summed E-state index contributed by atoms with van der Waals surface area (Å²) in [6.07, 6.45) is 6.16. The number of aromatic amines is 1. The molecule has 1 aromatic rings. The molecule has 0 unspecified atom stereocenters. The highest BCUT2D eigenvalue weighted by atomic mass is 16.2. The van der Waals surface area contributed by atoms with Gasteiger partial charge >= 0.3 is 0 Å². The summed E-state index contributed by atoms with van der Waals surface area (Å²) in [5, 5.41) is 7.00. The van der Waals surface area contributed by atoms with Crippen LogP contribution >= 0.6 is 0 Å². The van der Waals surface area contributed by atoms with Gasteiger partial charge < -0.3 is 10.1 Å². The number of aromatic nitrogens is 1. The summed E-state index contributed by atoms with van der Waals surface area (Å²) >= 11 is 0. The maximum absolute atomic E-state index is 7.00. The Bertz CT molecular complexity index is 177. The Kier molecular flexibility index (Phi) is 3.17. The number of nitrogens with one attached hydrogen (secondary N) is 1. The number of rotatable bonds is 2. The van der Waals surface area contributed by atoms with Gasteiger partial charge in [-0.05, 0) is 37.3 Å². The molecule has 2 rings (SSSR count). The molecular formula is C9H15NO. The van der Waals surface area contributed by atoms with E-state index in [9.17, 15) is 0 Å². The molecule has 0 spiro atoms. The zero-order valence-corrected chi connectivity index (χ0v) is 6.88. The van der Waals surface area contributed by atoms with Crippen LogP contribution < -0.4 is 0 Å². The predicted molar refractivity (Wildman–Crippen MR) is 45.4 cm³/mol. The lowest BCUT2D eigenvalue weighted by Crippen LogP contribution is -1.84. The molecule has 1 aliphatic rings. The Balaban J connectivity index is 0.000000281.